The van der Waals surface area contributed by atoms with Gasteiger partial charge in [-0.2, -0.15) is 0 Å². The van der Waals surface area contributed by atoms with Crippen LogP contribution in [0.1, 0.15) is 50.2 Å². The van der Waals surface area contributed by atoms with Crippen LogP contribution in [0, 0.1) is 13.8 Å². The minimum Gasteiger partial charge on any atom is -0.352 e. The molecule has 2 rings (SSSR count). The molecule has 0 aromatic heterocycles. The third-order valence-electron chi connectivity index (χ3n) is 5.13. The summed E-state index contributed by atoms with van der Waals surface area (Å²) in [5, 5.41) is 6.10. The number of para-hydroxylation sites is 1. The van der Waals surface area contributed by atoms with E-state index in [0.29, 0.717) is 6.04 Å². The number of amides is 2. The van der Waals surface area contributed by atoms with Crippen molar-refractivity contribution in [3.05, 3.63) is 29.3 Å². The van der Waals surface area contributed by atoms with Gasteiger partial charge in [-0.3, -0.25) is 14.5 Å². The van der Waals surface area contributed by atoms with Crippen LogP contribution in [0.15, 0.2) is 18.2 Å². The first-order valence-corrected chi connectivity index (χ1v) is 9.25. The van der Waals surface area contributed by atoms with Crippen molar-refractivity contribution in [2.24, 2.45) is 0 Å². The Kier molecular flexibility index (Phi) is 7.00. The van der Waals surface area contributed by atoms with Crippen molar-refractivity contribution in [2.75, 3.05) is 18.9 Å². The van der Waals surface area contributed by atoms with Gasteiger partial charge < -0.3 is 10.6 Å². The Morgan fingerprint density at radius 1 is 1.16 bits per heavy atom. The Bertz CT molecular complexity index is 589. The summed E-state index contributed by atoms with van der Waals surface area (Å²) in [6.07, 6.45) is 5.77. The van der Waals surface area contributed by atoms with Crippen LogP contribution in [-0.4, -0.2) is 42.4 Å². The summed E-state index contributed by atoms with van der Waals surface area (Å²) >= 11 is 0. The van der Waals surface area contributed by atoms with Crippen LogP contribution in [0.3, 0.4) is 0 Å². The molecule has 1 fully saturated rings. The van der Waals surface area contributed by atoms with E-state index >= 15 is 0 Å². The molecule has 5 nitrogen and oxygen atoms in total. The second-order valence-corrected chi connectivity index (χ2v) is 7.25. The summed E-state index contributed by atoms with van der Waals surface area (Å²) in [6, 6.07) is 5.90. The smallest absolute Gasteiger partial charge is 0.238 e. The van der Waals surface area contributed by atoms with E-state index in [2.05, 4.69) is 10.6 Å². The SMILES string of the molecule is Cc1cccc(C)c1NC(=O)CN(C)C(C)C(=O)NC1CCCCC1. The predicted molar refractivity (Wildman–Crippen MR) is 102 cm³/mol. The van der Waals surface area contributed by atoms with Gasteiger partial charge in [-0.05, 0) is 51.8 Å². The number of nitrogens with zero attached hydrogens (tertiary/aromatic N) is 1. The van der Waals surface area contributed by atoms with Crippen LogP contribution >= 0.6 is 0 Å². The average molecular weight is 345 g/mol. The minimum atomic E-state index is -0.328. The lowest BCUT2D eigenvalue weighted by molar-refractivity contribution is -0.127. The molecule has 138 valence electrons. The van der Waals surface area contributed by atoms with Gasteiger partial charge >= 0.3 is 0 Å². The van der Waals surface area contributed by atoms with E-state index in [1.807, 2.05) is 46.0 Å². The van der Waals surface area contributed by atoms with Crippen LogP contribution in [0.4, 0.5) is 5.69 Å². The van der Waals surface area contributed by atoms with E-state index < -0.39 is 0 Å². The van der Waals surface area contributed by atoms with Crippen molar-refractivity contribution >= 4 is 17.5 Å². The van der Waals surface area contributed by atoms with Crippen molar-refractivity contribution < 1.29 is 9.59 Å². The Hall–Kier alpha value is -1.88. The van der Waals surface area contributed by atoms with Gasteiger partial charge in [-0.15, -0.1) is 0 Å². The van der Waals surface area contributed by atoms with Gasteiger partial charge in [0.2, 0.25) is 11.8 Å². The number of hydrogen-bond acceptors (Lipinski definition) is 3. The molecule has 1 aromatic rings. The topological polar surface area (TPSA) is 61.4 Å². The zero-order valence-corrected chi connectivity index (χ0v) is 15.9. The van der Waals surface area contributed by atoms with Gasteiger partial charge in [-0.1, -0.05) is 37.5 Å². The number of nitrogens with one attached hydrogen (secondary N) is 2. The number of hydrogen-bond donors (Lipinski definition) is 2. The van der Waals surface area contributed by atoms with Crippen LogP contribution < -0.4 is 10.6 Å². The summed E-state index contributed by atoms with van der Waals surface area (Å²) in [5.41, 5.74) is 2.94. The molecule has 0 spiro atoms. The zero-order valence-electron chi connectivity index (χ0n) is 15.9. The molecule has 5 heteroatoms. The lowest BCUT2D eigenvalue weighted by atomic mass is 9.95. The fraction of sp³-hybridized carbons (Fsp3) is 0.600. The molecule has 1 aliphatic carbocycles. The molecule has 0 heterocycles. The number of aryl methyl sites for hydroxylation is 2. The van der Waals surface area contributed by atoms with Crippen molar-refractivity contribution in [2.45, 2.75) is 65.0 Å². The van der Waals surface area contributed by atoms with Crippen LogP contribution in [-0.2, 0) is 9.59 Å². The molecule has 1 aromatic carbocycles. The molecule has 0 aliphatic heterocycles. The second-order valence-electron chi connectivity index (χ2n) is 7.25. The monoisotopic (exact) mass is 345 g/mol. The van der Waals surface area contributed by atoms with Crippen molar-refractivity contribution in [3.63, 3.8) is 0 Å². The molecule has 0 radical (unpaired) electrons. The number of anilines is 1. The maximum Gasteiger partial charge on any atom is 0.238 e. The van der Waals surface area contributed by atoms with Gasteiger partial charge in [0, 0.05) is 11.7 Å². The second kappa shape index (κ2) is 8.99. The number of rotatable bonds is 6. The van der Waals surface area contributed by atoms with Gasteiger partial charge in [0.15, 0.2) is 0 Å². The molecular formula is C20H31N3O2. The largest absolute Gasteiger partial charge is 0.352 e. The third kappa shape index (κ3) is 5.56. The first-order chi connectivity index (χ1) is 11.9. The van der Waals surface area contributed by atoms with Crippen molar-refractivity contribution in [1.29, 1.82) is 0 Å². The van der Waals surface area contributed by atoms with E-state index in [4.69, 9.17) is 0 Å². The molecule has 2 amide bonds. The summed E-state index contributed by atoms with van der Waals surface area (Å²) in [6.45, 7) is 6.00. The average Bonchev–Trinajstić information content (AvgIpc) is 2.58. The van der Waals surface area contributed by atoms with Crippen LogP contribution in [0.5, 0.6) is 0 Å². The van der Waals surface area contributed by atoms with E-state index in [1.54, 1.807) is 4.90 Å². The molecule has 0 saturated heterocycles. The highest BCUT2D eigenvalue weighted by Gasteiger charge is 2.23. The van der Waals surface area contributed by atoms with Gasteiger partial charge in [-0.25, -0.2) is 0 Å². The van der Waals surface area contributed by atoms with E-state index in [-0.39, 0.29) is 24.4 Å². The van der Waals surface area contributed by atoms with Gasteiger partial charge in [0.25, 0.3) is 0 Å². The highest BCUT2D eigenvalue weighted by molar-refractivity contribution is 5.94. The first-order valence-electron chi connectivity index (χ1n) is 9.25. The summed E-state index contributed by atoms with van der Waals surface area (Å²) < 4.78 is 0. The van der Waals surface area contributed by atoms with Crippen LogP contribution in [0.2, 0.25) is 0 Å². The maximum atomic E-state index is 12.4. The number of likely N-dealkylation sites (N-methyl/N-ethyl adjacent to an activating group) is 1. The molecule has 1 unspecified atom stereocenters. The Labute approximate surface area is 151 Å². The first kappa shape index (κ1) is 19.4. The number of carbonyl (C=O) groups is 2. The lowest BCUT2D eigenvalue weighted by Crippen LogP contribution is -2.49. The minimum absolute atomic E-state index is 0.00859. The standard InChI is InChI=1S/C20H31N3O2/c1-14-9-8-10-15(2)19(14)22-18(24)13-23(4)16(3)20(25)21-17-11-6-5-7-12-17/h8-10,16-17H,5-7,11-13H2,1-4H3,(H,21,25)(H,22,24). The molecule has 25 heavy (non-hydrogen) atoms. The Morgan fingerprint density at radius 2 is 1.76 bits per heavy atom. The fourth-order valence-electron chi connectivity index (χ4n) is 3.32. The van der Waals surface area contributed by atoms with E-state index in [1.165, 1.54) is 19.3 Å². The normalized spacial score (nSPS) is 16.5. The summed E-state index contributed by atoms with van der Waals surface area (Å²) in [4.78, 5) is 26.6. The number of carbonyl (C=O) groups excluding carboxylic acids is 2. The molecular weight excluding hydrogens is 314 g/mol. The quantitative estimate of drug-likeness (QED) is 0.833. The van der Waals surface area contributed by atoms with Gasteiger partial charge in [0.05, 0.1) is 12.6 Å². The fourth-order valence-corrected chi connectivity index (χ4v) is 3.32. The van der Waals surface area contributed by atoms with Crippen LogP contribution in [0.25, 0.3) is 0 Å². The summed E-state index contributed by atoms with van der Waals surface area (Å²) in [7, 11) is 1.81. The third-order valence-corrected chi connectivity index (χ3v) is 5.13. The summed E-state index contributed by atoms with van der Waals surface area (Å²) in [5.74, 6) is -0.0912. The zero-order chi connectivity index (χ0) is 18.4. The Balaban J connectivity index is 1.86. The molecule has 2 N–H and O–H groups in total. The predicted octanol–water partition coefficient (Wildman–Crippen LogP) is 3.01. The lowest BCUT2D eigenvalue weighted by Gasteiger charge is -2.28. The van der Waals surface area contributed by atoms with Crippen molar-refractivity contribution in [3.8, 4) is 0 Å². The van der Waals surface area contributed by atoms with E-state index in [9.17, 15) is 9.59 Å². The highest BCUT2D eigenvalue weighted by atomic mass is 16.2. The highest BCUT2D eigenvalue weighted by Crippen LogP contribution is 2.19. The maximum absolute atomic E-state index is 12.4. The molecule has 0 bridgehead atoms. The molecule has 1 atom stereocenters. The van der Waals surface area contributed by atoms with E-state index in [0.717, 1.165) is 29.7 Å². The Morgan fingerprint density at radius 3 is 2.36 bits per heavy atom. The molecule has 1 saturated carbocycles. The van der Waals surface area contributed by atoms with Gasteiger partial charge in [0.1, 0.15) is 0 Å². The van der Waals surface area contributed by atoms with Crippen molar-refractivity contribution in [1.82, 2.24) is 10.2 Å². The number of benzene rings is 1. The molecule has 1 aliphatic rings.